The molecule has 4 nitrogen and oxygen atoms in total. The maximum atomic E-state index is 9.74. The summed E-state index contributed by atoms with van der Waals surface area (Å²) in [6, 6.07) is 0. The molecule has 0 aromatic carbocycles. The normalized spacial score (nSPS) is 28.2. The molecule has 1 aromatic heterocycles. The van der Waals surface area contributed by atoms with E-state index in [1.807, 2.05) is 6.92 Å². The van der Waals surface area contributed by atoms with Crippen molar-refractivity contribution in [2.24, 2.45) is 5.92 Å². The second-order valence-electron chi connectivity index (χ2n) is 4.43. The zero-order valence-corrected chi connectivity index (χ0v) is 9.31. The summed E-state index contributed by atoms with van der Waals surface area (Å²) in [4.78, 5) is 6.35. The van der Waals surface area contributed by atoms with Crippen LogP contribution in [-0.2, 0) is 6.54 Å². The van der Waals surface area contributed by atoms with E-state index < -0.39 is 0 Å². The molecule has 0 bridgehead atoms. The lowest BCUT2D eigenvalue weighted by molar-refractivity contribution is 0.0226. The molecule has 84 valence electrons. The van der Waals surface area contributed by atoms with Crippen molar-refractivity contribution in [3.05, 3.63) is 17.8 Å². The number of aliphatic hydroxyl groups excluding tert-OH is 1. The minimum absolute atomic E-state index is 0.213. The van der Waals surface area contributed by atoms with Crippen molar-refractivity contribution in [3.8, 4) is 0 Å². The fourth-order valence-corrected chi connectivity index (χ4v) is 1.92. The van der Waals surface area contributed by atoms with Gasteiger partial charge in [-0.15, -0.1) is 0 Å². The molecule has 1 fully saturated rings. The number of aryl methyl sites for hydroxylation is 1. The van der Waals surface area contributed by atoms with E-state index in [0.717, 1.165) is 31.2 Å². The van der Waals surface area contributed by atoms with Crippen molar-refractivity contribution < 1.29 is 9.52 Å². The quantitative estimate of drug-likeness (QED) is 0.796. The molecule has 1 N–H and O–H groups in total. The average molecular weight is 210 g/mol. The van der Waals surface area contributed by atoms with Crippen LogP contribution in [0.25, 0.3) is 0 Å². The fourth-order valence-electron chi connectivity index (χ4n) is 1.92. The first-order valence-electron chi connectivity index (χ1n) is 5.47. The Morgan fingerprint density at radius 1 is 1.67 bits per heavy atom. The summed E-state index contributed by atoms with van der Waals surface area (Å²) in [6.45, 7) is 6.43. The maximum absolute atomic E-state index is 9.74. The highest BCUT2D eigenvalue weighted by molar-refractivity contribution is 4.91. The van der Waals surface area contributed by atoms with E-state index in [1.54, 1.807) is 6.20 Å². The van der Waals surface area contributed by atoms with Gasteiger partial charge in [-0.2, -0.15) is 0 Å². The highest BCUT2D eigenvalue weighted by atomic mass is 16.4. The van der Waals surface area contributed by atoms with Crippen LogP contribution in [0.2, 0.25) is 0 Å². The Hall–Kier alpha value is -0.870. The van der Waals surface area contributed by atoms with Gasteiger partial charge in [0.2, 0.25) is 5.89 Å². The largest absolute Gasteiger partial charge is 0.445 e. The van der Waals surface area contributed by atoms with Crippen molar-refractivity contribution in [1.82, 2.24) is 9.88 Å². The summed E-state index contributed by atoms with van der Waals surface area (Å²) >= 11 is 0. The van der Waals surface area contributed by atoms with E-state index in [0.29, 0.717) is 12.5 Å². The number of rotatable bonds is 2. The highest BCUT2D eigenvalue weighted by Gasteiger charge is 2.24. The van der Waals surface area contributed by atoms with Gasteiger partial charge in [0.05, 0.1) is 18.8 Å². The van der Waals surface area contributed by atoms with Crippen LogP contribution in [0.4, 0.5) is 0 Å². The molecule has 2 rings (SSSR count). The predicted octanol–water partition coefficient (Wildman–Crippen LogP) is 1.19. The van der Waals surface area contributed by atoms with E-state index in [1.165, 1.54) is 0 Å². The number of likely N-dealkylation sites (tertiary alicyclic amines) is 1. The molecule has 1 saturated heterocycles. The van der Waals surface area contributed by atoms with Gasteiger partial charge < -0.3 is 9.52 Å². The number of hydrogen-bond acceptors (Lipinski definition) is 4. The molecule has 15 heavy (non-hydrogen) atoms. The molecule has 0 aliphatic carbocycles. The molecule has 1 aromatic rings. The molecule has 0 saturated carbocycles. The number of piperidine rings is 1. The lowest BCUT2D eigenvalue weighted by Gasteiger charge is -2.33. The standard InChI is InChI=1S/C11H18N2O2/c1-8-3-4-13(6-10(8)14)7-11-12-5-9(2)15-11/h5,8,10,14H,3-4,6-7H2,1-2H3. The van der Waals surface area contributed by atoms with Crippen molar-refractivity contribution in [1.29, 1.82) is 0 Å². The summed E-state index contributed by atoms with van der Waals surface area (Å²) in [7, 11) is 0. The Morgan fingerprint density at radius 2 is 2.47 bits per heavy atom. The van der Waals surface area contributed by atoms with E-state index in [9.17, 15) is 5.11 Å². The molecule has 0 radical (unpaired) electrons. The molecule has 1 aliphatic rings. The van der Waals surface area contributed by atoms with Gasteiger partial charge in [0.15, 0.2) is 0 Å². The molecule has 0 amide bonds. The molecule has 4 heteroatoms. The smallest absolute Gasteiger partial charge is 0.208 e. The van der Waals surface area contributed by atoms with Crippen LogP contribution in [0, 0.1) is 12.8 Å². The SMILES string of the molecule is Cc1cnc(CN2CCC(C)C(O)C2)o1. The lowest BCUT2D eigenvalue weighted by atomic mass is 9.96. The van der Waals surface area contributed by atoms with Crippen LogP contribution < -0.4 is 0 Å². The third kappa shape index (κ3) is 2.58. The first-order chi connectivity index (χ1) is 7.15. The van der Waals surface area contributed by atoms with Crippen molar-refractivity contribution in [2.45, 2.75) is 32.9 Å². The minimum Gasteiger partial charge on any atom is -0.445 e. The van der Waals surface area contributed by atoms with Crippen molar-refractivity contribution in [2.75, 3.05) is 13.1 Å². The van der Waals surface area contributed by atoms with Crippen LogP contribution in [-0.4, -0.2) is 34.2 Å². The number of aliphatic hydroxyl groups is 1. The van der Waals surface area contributed by atoms with Gasteiger partial charge in [0, 0.05) is 6.54 Å². The molecule has 0 spiro atoms. The van der Waals surface area contributed by atoms with Crippen LogP contribution in [0.3, 0.4) is 0 Å². The number of aromatic nitrogens is 1. The average Bonchev–Trinajstić information content (AvgIpc) is 2.58. The van der Waals surface area contributed by atoms with Gasteiger partial charge in [0.25, 0.3) is 0 Å². The van der Waals surface area contributed by atoms with Crippen LogP contribution in [0.15, 0.2) is 10.6 Å². The molecule has 2 unspecified atom stereocenters. The van der Waals surface area contributed by atoms with Gasteiger partial charge in [-0.3, -0.25) is 4.90 Å². The predicted molar refractivity (Wildman–Crippen MR) is 56.3 cm³/mol. The zero-order chi connectivity index (χ0) is 10.8. The van der Waals surface area contributed by atoms with Crippen LogP contribution in [0.1, 0.15) is 25.0 Å². The molecule has 1 aliphatic heterocycles. The zero-order valence-electron chi connectivity index (χ0n) is 9.31. The van der Waals surface area contributed by atoms with E-state index in [2.05, 4.69) is 16.8 Å². The maximum Gasteiger partial charge on any atom is 0.208 e. The van der Waals surface area contributed by atoms with Crippen molar-refractivity contribution >= 4 is 0 Å². The van der Waals surface area contributed by atoms with E-state index in [4.69, 9.17) is 4.42 Å². The third-order valence-electron chi connectivity index (χ3n) is 3.03. The molecular weight excluding hydrogens is 192 g/mol. The van der Waals surface area contributed by atoms with Gasteiger partial charge in [-0.1, -0.05) is 6.92 Å². The Kier molecular flexibility index (Phi) is 3.07. The molecule has 2 atom stereocenters. The first kappa shape index (κ1) is 10.6. The lowest BCUT2D eigenvalue weighted by Crippen LogP contribution is -2.42. The fraction of sp³-hybridized carbons (Fsp3) is 0.727. The summed E-state index contributed by atoms with van der Waals surface area (Å²) in [5.74, 6) is 2.00. The third-order valence-corrected chi connectivity index (χ3v) is 3.03. The Balaban J connectivity index is 1.90. The van der Waals surface area contributed by atoms with Crippen molar-refractivity contribution in [3.63, 3.8) is 0 Å². The number of nitrogens with zero attached hydrogens (tertiary/aromatic N) is 2. The van der Waals surface area contributed by atoms with Gasteiger partial charge in [-0.25, -0.2) is 4.98 Å². The second-order valence-corrected chi connectivity index (χ2v) is 4.43. The Labute approximate surface area is 89.9 Å². The van der Waals surface area contributed by atoms with Crippen LogP contribution in [0.5, 0.6) is 0 Å². The number of oxazole rings is 1. The Bertz CT molecular complexity index is 324. The second kappa shape index (κ2) is 4.33. The summed E-state index contributed by atoms with van der Waals surface area (Å²) < 4.78 is 5.41. The monoisotopic (exact) mass is 210 g/mol. The Morgan fingerprint density at radius 3 is 3.07 bits per heavy atom. The first-order valence-corrected chi connectivity index (χ1v) is 5.47. The summed E-state index contributed by atoms with van der Waals surface area (Å²) in [5, 5.41) is 9.74. The number of β-amino-alcohol motifs (C(OH)–C–C–N with tert-alkyl or cyclic N) is 1. The summed E-state index contributed by atoms with van der Waals surface area (Å²) in [6.07, 6.45) is 2.56. The van der Waals surface area contributed by atoms with Gasteiger partial charge >= 0.3 is 0 Å². The highest BCUT2D eigenvalue weighted by Crippen LogP contribution is 2.18. The van der Waals surface area contributed by atoms with E-state index >= 15 is 0 Å². The van der Waals surface area contributed by atoms with Gasteiger partial charge in [-0.05, 0) is 25.8 Å². The number of hydrogen-bond donors (Lipinski definition) is 1. The topological polar surface area (TPSA) is 49.5 Å². The minimum atomic E-state index is -0.213. The van der Waals surface area contributed by atoms with Crippen LogP contribution >= 0.6 is 0 Å². The van der Waals surface area contributed by atoms with Gasteiger partial charge in [0.1, 0.15) is 5.76 Å². The summed E-state index contributed by atoms with van der Waals surface area (Å²) in [5.41, 5.74) is 0. The van der Waals surface area contributed by atoms with E-state index in [-0.39, 0.29) is 6.10 Å². The molecule has 2 heterocycles. The molecular formula is C11H18N2O2.